The number of benzene rings is 1. The molecule has 1 aromatic carbocycles. The maximum atomic E-state index is 11.6. The monoisotopic (exact) mass is 272 g/mol. The number of ether oxygens (including phenoxy) is 1. The van der Waals surface area contributed by atoms with Crippen molar-refractivity contribution >= 4 is 21.6 Å². The third-order valence-electron chi connectivity index (χ3n) is 2.14. The molecule has 0 aliphatic heterocycles. The average Bonchev–Trinajstić information content (AvgIpc) is 2.26. The summed E-state index contributed by atoms with van der Waals surface area (Å²) in [6.45, 7) is 1.99. The second-order valence-electron chi connectivity index (χ2n) is 3.66. The van der Waals surface area contributed by atoms with Crippen LogP contribution in [-0.2, 0) is 14.8 Å². The molecule has 0 heterocycles. The van der Waals surface area contributed by atoms with Crippen molar-refractivity contribution < 1.29 is 17.9 Å². The Balaban J connectivity index is 3.02. The van der Waals surface area contributed by atoms with Gasteiger partial charge in [-0.05, 0) is 31.2 Å². The van der Waals surface area contributed by atoms with Crippen LogP contribution in [0.2, 0.25) is 0 Å². The Hall–Kier alpha value is -1.76. The highest BCUT2D eigenvalue weighted by atomic mass is 32.2. The average molecular weight is 272 g/mol. The number of anilines is 1. The number of primary amides is 1. The minimum Gasteiger partial charge on any atom is -0.494 e. The zero-order valence-corrected chi connectivity index (χ0v) is 11.1. The van der Waals surface area contributed by atoms with Gasteiger partial charge in [0.1, 0.15) is 12.3 Å². The van der Waals surface area contributed by atoms with Crippen molar-refractivity contribution in [2.45, 2.75) is 6.92 Å². The smallest absolute Gasteiger partial charge is 0.238 e. The molecule has 0 aromatic heterocycles. The summed E-state index contributed by atoms with van der Waals surface area (Å²) in [4.78, 5) is 10.9. The highest BCUT2D eigenvalue weighted by Crippen LogP contribution is 2.21. The molecule has 0 saturated heterocycles. The Labute approximate surface area is 106 Å². The predicted molar refractivity (Wildman–Crippen MR) is 69.0 cm³/mol. The first kappa shape index (κ1) is 14.3. The fourth-order valence-corrected chi connectivity index (χ4v) is 2.28. The van der Waals surface area contributed by atoms with Crippen molar-refractivity contribution in [3.63, 3.8) is 0 Å². The van der Waals surface area contributed by atoms with Crippen molar-refractivity contribution in [3.8, 4) is 5.75 Å². The van der Waals surface area contributed by atoms with Crippen LogP contribution in [0.5, 0.6) is 5.75 Å². The van der Waals surface area contributed by atoms with Crippen molar-refractivity contribution in [2.75, 3.05) is 23.7 Å². The maximum Gasteiger partial charge on any atom is 0.238 e. The highest BCUT2D eigenvalue weighted by molar-refractivity contribution is 7.92. The van der Waals surface area contributed by atoms with Crippen LogP contribution in [0.1, 0.15) is 6.92 Å². The summed E-state index contributed by atoms with van der Waals surface area (Å²) in [6, 6.07) is 6.40. The normalized spacial score (nSPS) is 11.0. The van der Waals surface area contributed by atoms with E-state index in [2.05, 4.69) is 0 Å². The van der Waals surface area contributed by atoms with E-state index in [-0.39, 0.29) is 6.54 Å². The van der Waals surface area contributed by atoms with Gasteiger partial charge < -0.3 is 10.5 Å². The summed E-state index contributed by atoms with van der Waals surface area (Å²) >= 11 is 0. The lowest BCUT2D eigenvalue weighted by Crippen LogP contribution is -2.37. The van der Waals surface area contributed by atoms with E-state index in [1.54, 1.807) is 24.3 Å². The summed E-state index contributed by atoms with van der Waals surface area (Å²) in [6.07, 6.45) is 1.02. The predicted octanol–water partition coefficient (Wildman–Crippen LogP) is 0.337. The van der Waals surface area contributed by atoms with Gasteiger partial charge in [-0.1, -0.05) is 0 Å². The standard InChI is InChI=1S/C11H16N2O4S/c1-3-17-10-6-4-9(5-7-10)13(8-11(12)14)18(2,15)16/h4-7H,3,8H2,1-2H3,(H2,12,14). The first-order valence-corrected chi connectivity index (χ1v) is 7.18. The van der Waals surface area contributed by atoms with Crippen molar-refractivity contribution in [1.82, 2.24) is 0 Å². The molecule has 0 unspecified atom stereocenters. The molecular formula is C11H16N2O4S. The van der Waals surface area contributed by atoms with Crippen LogP contribution in [0.25, 0.3) is 0 Å². The number of nitrogens with two attached hydrogens (primary N) is 1. The Kier molecular flexibility index (Phi) is 4.55. The van der Waals surface area contributed by atoms with Gasteiger partial charge in [0.15, 0.2) is 0 Å². The van der Waals surface area contributed by atoms with Crippen LogP contribution < -0.4 is 14.8 Å². The molecule has 1 amide bonds. The van der Waals surface area contributed by atoms with Crippen LogP contribution in [0, 0.1) is 0 Å². The largest absolute Gasteiger partial charge is 0.494 e. The Bertz CT molecular complexity index is 510. The molecule has 1 aromatic rings. The first-order chi connectivity index (χ1) is 8.34. The minimum absolute atomic E-state index is 0.375. The summed E-state index contributed by atoms with van der Waals surface area (Å²) in [5, 5.41) is 0. The molecule has 0 fully saturated rings. The van der Waals surface area contributed by atoms with E-state index in [1.807, 2.05) is 6.92 Å². The molecule has 7 heteroatoms. The van der Waals surface area contributed by atoms with Crippen molar-refractivity contribution in [2.24, 2.45) is 5.73 Å². The van der Waals surface area contributed by atoms with Crippen molar-refractivity contribution in [3.05, 3.63) is 24.3 Å². The second kappa shape index (κ2) is 5.72. The van der Waals surface area contributed by atoms with Gasteiger partial charge >= 0.3 is 0 Å². The van der Waals surface area contributed by atoms with E-state index in [9.17, 15) is 13.2 Å². The maximum absolute atomic E-state index is 11.6. The Morgan fingerprint density at radius 1 is 1.33 bits per heavy atom. The number of carbonyl (C=O) groups excluding carboxylic acids is 1. The van der Waals surface area contributed by atoms with Gasteiger partial charge in [0.2, 0.25) is 15.9 Å². The molecule has 0 atom stereocenters. The molecule has 0 aliphatic carbocycles. The van der Waals surface area contributed by atoms with E-state index in [1.165, 1.54) is 0 Å². The van der Waals surface area contributed by atoms with E-state index in [0.717, 1.165) is 10.6 Å². The molecule has 0 radical (unpaired) electrons. The van der Waals surface area contributed by atoms with Gasteiger partial charge in [0.05, 0.1) is 18.6 Å². The topological polar surface area (TPSA) is 89.7 Å². The third kappa shape index (κ3) is 3.92. The summed E-state index contributed by atoms with van der Waals surface area (Å²) < 4.78 is 29.3. The quantitative estimate of drug-likeness (QED) is 0.808. The molecule has 2 N–H and O–H groups in total. The molecule has 0 saturated carbocycles. The molecule has 18 heavy (non-hydrogen) atoms. The van der Waals surface area contributed by atoms with Crippen LogP contribution in [0.4, 0.5) is 5.69 Å². The van der Waals surface area contributed by atoms with Gasteiger partial charge in [-0.25, -0.2) is 8.42 Å². The fraction of sp³-hybridized carbons (Fsp3) is 0.364. The first-order valence-electron chi connectivity index (χ1n) is 5.33. The summed E-state index contributed by atoms with van der Waals surface area (Å²) in [7, 11) is -3.55. The van der Waals surface area contributed by atoms with Crippen LogP contribution >= 0.6 is 0 Å². The number of amides is 1. The Morgan fingerprint density at radius 3 is 2.28 bits per heavy atom. The molecule has 0 bridgehead atoms. The van der Waals surface area contributed by atoms with E-state index in [0.29, 0.717) is 18.0 Å². The molecule has 6 nitrogen and oxygen atoms in total. The summed E-state index contributed by atoms with van der Waals surface area (Å²) in [5.41, 5.74) is 5.41. The number of sulfonamides is 1. The lowest BCUT2D eigenvalue weighted by molar-refractivity contribution is -0.116. The fourth-order valence-electron chi connectivity index (χ4n) is 1.42. The number of rotatable bonds is 6. The molecule has 100 valence electrons. The molecular weight excluding hydrogens is 256 g/mol. The molecule has 1 rings (SSSR count). The number of hydrogen-bond donors (Lipinski definition) is 1. The van der Waals surface area contributed by atoms with Crippen molar-refractivity contribution in [1.29, 1.82) is 0 Å². The van der Waals surface area contributed by atoms with E-state index in [4.69, 9.17) is 10.5 Å². The third-order valence-corrected chi connectivity index (χ3v) is 3.28. The molecule has 0 spiro atoms. The lowest BCUT2D eigenvalue weighted by atomic mass is 10.3. The van der Waals surface area contributed by atoms with Gasteiger partial charge in [0.25, 0.3) is 0 Å². The molecule has 0 aliphatic rings. The number of nitrogens with zero attached hydrogens (tertiary/aromatic N) is 1. The van der Waals surface area contributed by atoms with Crippen LogP contribution in [-0.4, -0.2) is 33.7 Å². The Morgan fingerprint density at radius 2 is 1.89 bits per heavy atom. The van der Waals surface area contributed by atoms with E-state index < -0.39 is 15.9 Å². The van der Waals surface area contributed by atoms with Gasteiger partial charge in [0, 0.05) is 0 Å². The van der Waals surface area contributed by atoms with Gasteiger partial charge in [-0.3, -0.25) is 9.10 Å². The SMILES string of the molecule is CCOc1ccc(N(CC(N)=O)S(C)(=O)=O)cc1. The minimum atomic E-state index is -3.55. The summed E-state index contributed by atoms with van der Waals surface area (Å²) in [5.74, 6) is -0.0805. The van der Waals surface area contributed by atoms with Crippen LogP contribution in [0.3, 0.4) is 0 Å². The van der Waals surface area contributed by atoms with Gasteiger partial charge in [-0.15, -0.1) is 0 Å². The van der Waals surface area contributed by atoms with Gasteiger partial charge in [-0.2, -0.15) is 0 Å². The zero-order chi connectivity index (χ0) is 13.8. The lowest BCUT2D eigenvalue weighted by Gasteiger charge is -2.20. The number of hydrogen-bond acceptors (Lipinski definition) is 4. The second-order valence-corrected chi connectivity index (χ2v) is 5.57. The number of carbonyl (C=O) groups is 1. The van der Waals surface area contributed by atoms with Crippen LogP contribution in [0.15, 0.2) is 24.3 Å². The van der Waals surface area contributed by atoms with E-state index >= 15 is 0 Å². The zero-order valence-electron chi connectivity index (χ0n) is 10.3. The highest BCUT2D eigenvalue weighted by Gasteiger charge is 2.19.